The Labute approximate surface area is 230 Å². The zero-order chi connectivity index (χ0) is 24.5. The third kappa shape index (κ3) is 5.24. The van der Waals surface area contributed by atoms with E-state index in [9.17, 15) is 0 Å². The van der Waals surface area contributed by atoms with Crippen LogP contribution in [0.5, 0.6) is 0 Å². The molecule has 4 nitrogen and oxygen atoms in total. The van der Waals surface area contributed by atoms with Gasteiger partial charge < -0.3 is 9.97 Å². The maximum Gasteiger partial charge on any atom is 0.107 e. The number of H-pyrrole nitrogens is 2. The Bertz CT molecular complexity index is 1240. The monoisotopic (exact) mass is 552 g/mol. The fraction of sp³-hybridized carbons (Fsp3) is 0.429. The van der Waals surface area contributed by atoms with E-state index in [1.807, 2.05) is 47.0 Å². The van der Waals surface area contributed by atoms with Gasteiger partial charge in [-0.25, -0.2) is 9.97 Å². The van der Waals surface area contributed by atoms with E-state index in [1.165, 1.54) is 90.5 Å². The summed E-state index contributed by atoms with van der Waals surface area (Å²) in [6.45, 7) is 4.51. The van der Waals surface area contributed by atoms with Crippen LogP contribution in [0, 0.1) is 0 Å². The number of aromatic nitrogens is 4. The first-order chi connectivity index (χ1) is 17.7. The van der Waals surface area contributed by atoms with Crippen molar-refractivity contribution in [2.24, 2.45) is 0 Å². The normalized spacial score (nSPS) is 16.9. The number of hydrogen-bond acceptors (Lipinski definition) is 6. The fourth-order valence-electron chi connectivity index (χ4n) is 4.74. The zero-order valence-corrected chi connectivity index (χ0v) is 24.2. The van der Waals surface area contributed by atoms with E-state index < -0.39 is 0 Å². The summed E-state index contributed by atoms with van der Waals surface area (Å²) in [5.41, 5.74) is 4.53. The van der Waals surface area contributed by atoms with Crippen molar-refractivity contribution >= 4 is 69.1 Å². The van der Waals surface area contributed by atoms with Crippen molar-refractivity contribution in [3.05, 3.63) is 44.4 Å². The number of thioether (sulfide) groups is 4. The molecule has 2 aliphatic heterocycles. The number of rotatable bonds is 10. The van der Waals surface area contributed by atoms with E-state index in [1.54, 1.807) is 0 Å². The Kier molecular flexibility index (Phi) is 7.65. The second-order valence-corrected chi connectivity index (χ2v) is 14.3. The van der Waals surface area contributed by atoms with E-state index >= 15 is 0 Å². The molecule has 0 atom stereocenters. The van der Waals surface area contributed by atoms with Crippen molar-refractivity contribution in [1.29, 1.82) is 0 Å². The standard InChI is InChI=1S/C28H32N4S4/c1-3-5-7-9-11-25-29-17-13-21-22(14-18(17)30-25)34-27(33-21)28-35-23-15-19-20(16-24(23)36-28)32-26(31-19)12-10-8-6-4-2/h13-16H,3-12H2,1-2H3,(H,29,30)(H,31,32). The summed E-state index contributed by atoms with van der Waals surface area (Å²) in [7, 11) is 0. The minimum absolute atomic E-state index is 1.05. The van der Waals surface area contributed by atoms with Gasteiger partial charge in [-0.2, -0.15) is 0 Å². The predicted octanol–water partition coefficient (Wildman–Crippen LogP) is 9.91. The predicted molar refractivity (Wildman–Crippen MR) is 158 cm³/mol. The van der Waals surface area contributed by atoms with Gasteiger partial charge in [0.25, 0.3) is 0 Å². The highest BCUT2D eigenvalue weighted by molar-refractivity contribution is 8.30. The summed E-state index contributed by atoms with van der Waals surface area (Å²) >= 11 is 7.60. The Morgan fingerprint density at radius 2 is 0.972 bits per heavy atom. The van der Waals surface area contributed by atoms with Crippen molar-refractivity contribution in [2.75, 3.05) is 0 Å². The van der Waals surface area contributed by atoms with Gasteiger partial charge in [0.05, 0.1) is 30.5 Å². The molecule has 0 saturated heterocycles. The molecule has 8 heteroatoms. The molecule has 0 radical (unpaired) electrons. The lowest BCUT2D eigenvalue weighted by atomic mass is 10.1. The summed E-state index contributed by atoms with van der Waals surface area (Å²) in [6, 6.07) is 9.14. The zero-order valence-electron chi connectivity index (χ0n) is 20.9. The molecule has 0 saturated carbocycles. The molecule has 0 unspecified atom stereocenters. The van der Waals surface area contributed by atoms with Gasteiger partial charge in [-0.15, -0.1) is 0 Å². The first kappa shape index (κ1) is 24.8. The quantitative estimate of drug-likeness (QED) is 0.191. The largest absolute Gasteiger partial charge is 0.342 e. The molecule has 2 aromatic carbocycles. The van der Waals surface area contributed by atoms with Crippen LogP contribution in [0.2, 0.25) is 0 Å². The maximum atomic E-state index is 4.89. The first-order valence-corrected chi connectivity index (χ1v) is 16.5. The van der Waals surface area contributed by atoms with E-state index in [-0.39, 0.29) is 0 Å². The van der Waals surface area contributed by atoms with Crippen LogP contribution >= 0.6 is 47.0 Å². The Hall–Kier alpha value is -1.48. The molecule has 188 valence electrons. The van der Waals surface area contributed by atoms with E-state index in [2.05, 4.69) is 48.1 Å². The molecule has 0 bridgehead atoms. The number of aromatic amines is 2. The highest BCUT2D eigenvalue weighted by Crippen LogP contribution is 2.61. The Morgan fingerprint density at radius 3 is 1.39 bits per heavy atom. The molecule has 0 aliphatic carbocycles. The highest BCUT2D eigenvalue weighted by atomic mass is 32.2. The molecule has 2 aromatic heterocycles. The molecular formula is C28H32N4S4. The maximum absolute atomic E-state index is 4.89. The van der Waals surface area contributed by atoms with E-state index in [4.69, 9.17) is 9.97 Å². The summed E-state index contributed by atoms with van der Waals surface area (Å²) < 4.78 is 2.77. The van der Waals surface area contributed by atoms with Gasteiger partial charge in [-0.05, 0) is 37.1 Å². The van der Waals surface area contributed by atoms with Crippen LogP contribution in [0.25, 0.3) is 22.1 Å². The van der Waals surface area contributed by atoms with Crippen molar-refractivity contribution in [3.63, 3.8) is 0 Å². The van der Waals surface area contributed by atoms with Gasteiger partial charge in [-0.1, -0.05) is 99.4 Å². The lowest BCUT2D eigenvalue weighted by Gasteiger charge is -1.98. The van der Waals surface area contributed by atoms with Crippen molar-refractivity contribution in [2.45, 2.75) is 97.6 Å². The lowest BCUT2D eigenvalue weighted by molar-refractivity contribution is 0.656. The summed E-state index contributed by atoms with van der Waals surface area (Å²) in [5, 5.41) is 0. The molecule has 36 heavy (non-hydrogen) atoms. The van der Waals surface area contributed by atoms with Gasteiger partial charge in [0.1, 0.15) is 11.6 Å². The molecular weight excluding hydrogens is 521 g/mol. The molecule has 2 aliphatic rings. The SMILES string of the molecule is CCCCCCc1nc2cc3c(cc2[nH]1)S/C(=C1/Sc2cc4nc(CCCCCC)[nH]c4cc2S1)S3. The second-order valence-electron chi connectivity index (χ2n) is 9.60. The van der Waals surface area contributed by atoms with Crippen LogP contribution < -0.4 is 0 Å². The fourth-order valence-corrected chi connectivity index (χ4v) is 10.1. The number of unbranched alkanes of at least 4 members (excludes halogenated alkanes) is 6. The van der Waals surface area contributed by atoms with Crippen LogP contribution in [0.4, 0.5) is 0 Å². The second kappa shape index (κ2) is 11.1. The van der Waals surface area contributed by atoms with Gasteiger partial charge >= 0.3 is 0 Å². The number of hydrogen-bond donors (Lipinski definition) is 2. The van der Waals surface area contributed by atoms with Crippen LogP contribution in [-0.4, -0.2) is 19.9 Å². The average molecular weight is 553 g/mol. The Balaban J connectivity index is 1.15. The summed E-state index contributed by atoms with van der Waals surface area (Å²) in [6.07, 6.45) is 12.3. The van der Waals surface area contributed by atoms with Crippen LogP contribution in [0.3, 0.4) is 0 Å². The molecule has 0 amide bonds. The minimum atomic E-state index is 1.05. The van der Waals surface area contributed by atoms with Gasteiger partial charge in [-0.3, -0.25) is 0 Å². The highest BCUT2D eigenvalue weighted by Gasteiger charge is 2.28. The van der Waals surface area contributed by atoms with Crippen LogP contribution in [0.15, 0.2) is 52.3 Å². The smallest absolute Gasteiger partial charge is 0.107 e. The molecule has 0 fully saturated rings. The summed E-state index contributed by atoms with van der Waals surface area (Å²) in [4.78, 5) is 22.3. The molecule has 2 N–H and O–H groups in total. The number of fused-ring (bicyclic) bond motifs is 4. The average Bonchev–Trinajstić information content (AvgIpc) is 3.64. The van der Waals surface area contributed by atoms with Gasteiger partial charge in [0, 0.05) is 32.4 Å². The van der Waals surface area contributed by atoms with Crippen LogP contribution in [-0.2, 0) is 12.8 Å². The molecule has 0 spiro atoms. The van der Waals surface area contributed by atoms with Gasteiger partial charge in [0.2, 0.25) is 0 Å². The van der Waals surface area contributed by atoms with Gasteiger partial charge in [0.15, 0.2) is 0 Å². The minimum Gasteiger partial charge on any atom is -0.342 e. The summed E-state index contributed by atoms with van der Waals surface area (Å²) in [5.74, 6) is 2.26. The van der Waals surface area contributed by atoms with Crippen molar-refractivity contribution in [1.82, 2.24) is 19.9 Å². The Morgan fingerprint density at radius 1 is 0.556 bits per heavy atom. The molecule has 6 rings (SSSR count). The first-order valence-electron chi connectivity index (χ1n) is 13.2. The number of nitrogens with zero attached hydrogens (tertiary/aromatic N) is 2. The molecule has 4 aromatic rings. The number of aryl methyl sites for hydroxylation is 2. The van der Waals surface area contributed by atoms with Crippen LogP contribution in [0.1, 0.15) is 76.9 Å². The number of imidazole rings is 2. The third-order valence-electron chi connectivity index (χ3n) is 6.70. The van der Waals surface area contributed by atoms with Crippen molar-refractivity contribution in [3.8, 4) is 0 Å². The third-order valence-corrected chi connectivity index (χ3v) is 12.3. The van der Waals surface area contributed by atoms with E-state index in [0.29, 0.717) is 0 Å². The number of benzene rings is 2. The number of nitrogens with one attached hydrogen (secondary N) is 2. The molecule has 4 heterocycles. The van der Waals surface area contributed by atoms with Crippen molar-refractivity contribution < 1.29 is 0 Å². The topological polar surface area (TPSA) is 57.4 Å². The lowest BCUT2D eigenvalue weighted by Crippen LogP contribution is -1.87. The van der Waals surface area contributed by atoms with E-state index in [0.717, 1.165) is 35.5 Å².